The van der Waals surface area contributed by atoms with Gasteiger partial charge in [0.2, 0.25) is 0 Å². The Balaban J connectivity index is 2.20. The number of hydrogen-bond donors (Lipinski definition) is 2. The minimum Gasteiger partial charge on any atom is -0.444 e. The first-order chi connectivity index (χ1) is 6.92. The zero-order valence-corrected chi connectivity index (χ0v) is 10.1. The highest BCUT2D eigenvalue weighted by molar-refractivity contribution is 5.67. The third-order valence-corrected chi connectivity index (χ3v) is 2.43. The maximum absolute atomic E-state index is 11.4. The van der Waals surface area contributed by atoms with Gasteiger partial charge < -0.3 is 15.4 Å². The molecule has 0 saturated heterocycles. The van der Waals surface area contributed by atoms with Crippen molar-refractivity contribution in [3.63, 3.8) is 0 Å². The Hall–Kier alpha value is -0.770. The molecule has 0 aromatic carbocycles. The molecule has 1 fully saturated rings. The summed E-state index contributed by atoms with van der Waals surface area (Å²) in [5.41, 5.74) is -0.418. The molecule has 1 atom stereocenters. The quantitative estimate of drug-likeness (QED) is 0.746. The number of alkyl carbamates (subject to hydrolysis) is 1. The topological polar surface area (TPSA) is 50.4 Å². The van der Waals surface area contributed by atoms with E-state index in [1.54, 1.807) is 0 Å². The summed E-state index contributed by atoms with van der Waals surface area (Å²) < 4.78 is 5.15. The Kier molecular flexibility index (Phi) is 3.97. The van der Waals surface area contributed by atoms with E-state index in [2.05, 4.69) is 10.6 Å². The van der Waals surface area contributed by atoms with Gasteiger partial charge in [-0.2, -0.15) is 0 Å². The number of ether oxygens (including phenoxy) is 1. The molecule has 0 bridgehead atoms. The molecule has 0 spiro atoms. The molecule has 0 aromatic rings. The van der Waals surface area contributed by atoms with E-state index in [0.717, 1.165) is 5.92 Å². The van der Waals surface area contributed by atoms with Crippen molar-refractivity contribution in [3.8, 4) is 0 Å². The van der Waals surface area contributed by atoms with Gasteiger partial charge in [-0.15, -0.1) is 0 Å². The number of carbonyl (C=O) groups is 1. The maximum atomic E-state index is 11.4. The summed E-state index contributed by atoms with van der Waals surface area (Å²) in [5, 5.41) is 6.00. The first-order valence-electron chi connectivity index (χ1n) is 5.56. The molecule has 0 heterocycles. The van der Waals surface area contributed by atoms with Crippen LogP contribution in [-0.4, -0.2) is 31.3 Å². The molecule has 15 heavy (non-hydrogen) atoms. The summed E-state index contributed by atoms with van der Waals surface area (Å²) >= 11 is 0. The Labute approximate surface area is 91.8 Å². The molecule has 0 aliphatic heterocycles. The average molecular weight is 214 g/mol. The molecular weight excluding hydrogens is 192 g/mol. The van der Waals surface area contributed by atoms with Gasteiger partial charge in [0.05, 0.1) is 0 Å². The molecule has 1 saturated carbocycles. The maximum Gasteiger partial charge on any atom is 0.407 e. The van der Waals surface area contributed by atoms with Gasteiger partial charge in [-0.3, -0.25) is 0 Å². The van der Waals surface area contributed by atoms with Crippen LogP contribution in [0.2, 0.25) is 0 Å². The Morgan fingerprint density at radius 3 is 2.47 bits per heavy atom. The molecular formula is C11H22N2O2. The number of amides is 1. The van der Waals surface area contributed by atoms with E-state index < -0.39 is 5.60 Å². The summed E-state index contributed by atoms with van der Waals surface area (Å²) in [4.78, 5) is 11.4. The van der Waals surface area contributed by atoms with Gasteiger partial charge in [-0.1, -0.05) is 0 Å². The van der Waals surface area contributed by atoms with Crippen molar-refractivity contribution in [2.24, 2.45) is 5.92 Å². The van der Waals surface area contributed by atoms with Crippen molar-refractivity contribution in [2.45, 2.75) is 45.3 Å². The van der Waals surface area contributed by atoms with Crippen LogP contribution in [0.3, 0.4) is 0 Å². The predicted octanol–water partition coefficient (Wildman–Crippen LogP) is 1.51. The van der Waals surface area contributed by atoms with Gasteiger partial charge in [-0.05, 0) is 46.6 Å². The van der Waals surface area contributed by atoms with Crippen LogP contribution in [0.5, 0.6) is 0 Å². The largest absolute Gasteiger partial charge is 0.444 e. The molecule has 88 valence electrons. The normalized spacial score (nSPS) is 18.4. The smallest absolute Gasteiger partial charge is 0.407 e. The summed E-state index contributed by atoms with van der Waals surface area (Å²) in [6.45, 7) is 6.24. The van der Waals surface area contributed by atoms with Crippen molar-refractivity contribution in [1.29, 1.82) is 0 Å². The highest BCUT2D eigenvalue weighted by Gasteiger charge is 2.30. The van der Waals surface area contributed by atoms with E-state index in [4.69, 9.17) is 4.74 Å². The van der Waals surface area contributed by atoms with Gasteiger partial charge in [0, 0.05) is 12.6 Å². The lowest BCUT2D eigenvalue weighted by atomic mass is 10.2. The SMILES string of the molecule is CN[C@@H](CNC(=O)OC(C)(C)C)C1CC1. The van der Waals surface area contributed by atoms with Crippen LogP contribution in [0.25, 0.3) is 0 Å². The lowest BCUT2D eigenvalue weighted by Crippen LogP contribution is -2.42. The predicted molar refractivity (Wildman–Crippen MR) is 59.8 cm³/mol. The molecule has 4 nitrogen and oxygen atoms in total. The van der Waals surface area contributed by atoms with E-state index >= 15 is 0 Å². The zero-order valence-electron chi connectivity index (χ0n) is 10.1. The van der Waals surface area contributed by atoms with E-state index in [1.165, 1.54) is 12.8 Å². The minimum absolute atomic E-state index is 0.330. The van der Waals surface area contributed by atoms with Crippen LogP contribution < -0.4 is 10.6 Å². The van der Waals surface area contributed by atoms with Crippen molar-refractivity contribution in [2.75, 3.05) is 13.6 Å². The summed E-state index contributed by atoms with van der Waals surface area (Å²) in [6, 6.07) is 0.387. The first-order valence-corrected chi connectivity index (χ1v) is 5.56. The monoisotopic (exact) mass is 214 g/mol. The number of carbonyl (C=O) groups excluding carboxylic acids is 1. The van der Waals surface area contributed by atoms with Crippen LogP contribution in [0, 0.1) is 5.92 Å². The molecule has 1 aliphatic rings. The molecule has 0 radical (unpaired) electrons. The fourth-order valence-electron chi connectivity index (χ4n) is 1.51. The summed E-state index contributed by atoms with van der Waals surface area (Å²) in [6.07, 6.45) is 2.20. The number of likely N-dealkylation sites (N-methyl/N-ethyl adjacent to an activating group) is 1. The molecule has 4 heteroatoms. The summed E-state index contributed by atoms with van der Waals surface area (Å²) in [7, 11) is 1.93. The van der Waals surface area contributed by atoms with Crippen molar-refractivity contribution >= 4 is 6.09 Å². The number of nitrogens with one attached hydrogen (secondary N) is 2. The van der Waals surface area contributed by atoms with Crippen molar-refractivity contribution in [1.82, 2.24) is 10.6 Å². The van der Waals surface area contributed by atoms with E-state index in [1.807, 2.05) is 27.8 Å². The molecule has 1 aliphatic carbocycles. The molecule has 2 N–H and O–H groups in total. The average Bonchev–Trinajstić information content (AvgIpc) is 2.85. The molecule has 1 amide bonds. The lowest BCUT2D eigenvalue weighted by Gasteiger charge is -2.21. The highest BCUT2D eigenvalue weighted by atomic mass is 16.6. The second kappa shape index (κ2) is 4.84. The van der Waals surface area contributed by atoms with Crippen LogP contribution in [-0.2, 0) is 4.74 Å². The molecule has 0 aromatic heterocycles. The van der Waals surface area contributed by atoms with E-state index in [0.29, 0.717) is 12.6 Å². The Morgan fingerprint density at radius 2 is 2.07 bits per heavy atom. The van der Waals surface area contributed by atoms with Crippen molar-refractivity contribution in [3.05, 3.63) is 0 Å². The highest BCUT2D eigenvalue weighted by Crippen LogP contribution is 2.32. The Bertz CT molecular complexity index is 219. The van der Waals surface area contributed by atoms with Crippen LogP contribution in [0.4, 0.5) is 4.79 Å². The minimum atomic E-state index is -0.418. The van der Waals surface area contributed by atoms with Crippen molar-refractivity contribution < 1.29 is 9.53 Å². The second-order valence-electron chi connectivity index (χ2n) is 5.12. The van der Waals surface area contributed by atoms with Gasteiger partial charge in [-0.25, -0.2) is 4.79 Å². The Morgan fingerprint density at radius 1 is 1.47 bits per heavy atom. The van der Waals surface area contributed by atoms with Gasteiger partial charge in [0.1, 0.15) is 5.60 Å². The van der Waals surface area contributed by atoms with Crippen LogP contribution in [0.1, 0.15) is 33.6 Å². The molecule has 1 rings (SSSR count). The number of hydrogen-bond acceptors (Lipinski definition) is 3. The van der Waals surface area contributed by atoms with Gasteiger partial charge >= 0.3 is 6.09 Å². The fourth-order valence-corrected chi connectivity index (χ4v) is 1.51. The van der Waals surface area contributed by atoms with Gasteiger partial charge in [0.15, 0.2) is 0 Å². The third-order valence-electron chi connectivity index (χ3n) is 2.43. The van der Waals surface area contributed by atoms with Crippen LogP contribution in [0.15, 0.2) is 0 Å². The van der Waals surface area contributed by atoms with Crippen LogP contribution >= 0.6 is 0 Å². The second-order valence-corrected chi connectivity index (χ2v) is 5.12. The zero-order chi connectivity index (χ0) is 11.5. The van der Waals surface area contributed by atoms with Gasteiger partial charge in [0.25, 0.3) is 0 Å². The molecule has 0 unspecified atom stereocenters. The van der Waals surface area contributed by atoms with E-state index in [-0.39, 0.29) is 6.09 Å². The lowest BCUT2D eigenvalue weighted by molar-refractivity contribution is 0.0521. The fraction of sp³-hybridized carbons (Fsp3) is 0.909. The standard InChI is InChI=1S/C11H22N2O2/c1-11(2,3)15-10(14)13-7-9(12-4)8-5-6-8/h8-9,12H,5-7H2,1-4H3,(H,13,14)/t9-/m0/s1. The third kappa shape index (κ3) is 5.02. The van der Waals surface area contributed by atoms with E-state index in [9.17, 15) is 4.79 Å². The first kappa shape index (κ1) is 12.3. The number of rotatable bonds is 4. The summed E-state index contributed by atoms with van der Waals surface area (Å²) in [5.74, 6) is 0.727.